The van der Waals surface area contributed by atoms with Crippen LogP contribution in [0.1, 0.15) is 23.6 Å². The lowest BCUT2D eigenvalue weighted by Crippen LogP contribution is -2.38. The van der Waals surface area contributed by atoms with Gasteiger partial charge in [-0.2, -0.15) is 0 Å². The van der Waals surface area contributed by atoms with Gasteiger partial charge in [0.15, 0.2) is 5.96 Å². The van der Waals surface area contributed by atoms with E-state index in [1.165, 1.54) is 12.0 Å². The lowest BCUT2D eigenvalue weighted by molar-refractivity contribution is 0.572. The van der Waals surface area contributed by atoms with Gasteiger partial charge < -0.3 is 15.1 Å². The topological polar surface area (TPSA) is 62.5 Å². The Hall–Kier alpha value is -2.35. The van der Waals surface area contributed by atoms with Crippen molar-refractivity contribution >= 4 is 29.9 Å². The molecule has 28 heavy (non-hydrogen) atoms. The minimum absolute atomic E-state index is 0. The Labute approximate surface area is 182 Å². The smallest absolute Gasteiger partial charge is 0.226 e. The third-order valence-corrected chi connectivity index (χ3v) is 4.92. The normalized spacial score (nSPS) is 18.2. The first-order valence-corrected chi connectivity index (χ1v) is 9.33. The van der Waals surface area contributed by atoms with E-state index in [-0.39, 0.29) is 24.0 Å². The highest BCUT2D eigenvalue weighted by Gasteiger charge is 2.37. The molecular formula is C22H25IN4O. The van der Waals surface area contributed by atoms with Gasteiger partial charge in [0, 0.05) is 19.2 Å². The van der Waals surface area contributed by atoms with Crippen molar-refractivity contribution in [2.24, 2.45) is 10.9 Å². The summed E-state index contributed by atoms with van der Waals surface area (Å²) < 4.78 is 5.58. The Balaban J connectivity index is 0.00000225. The standard InChI is InChI=1S/C22H24N4O.HI/c1-23-22(24-13-18-12-20(18)16-8-4-2-5-9-16)25-14-19-15-27-21(26-19)17-10-6-3-7-11-17;/h2-11,15,18,20H,12-14H2,1H3,(H2,23,24,25);1H. The number of oxazole rings is 1. The van der Waals surface area contributed by atoms with Crippen LogP contribution >= 0.6 is 24.0 Å². The molecule has 1 saturated carbocycles. The van der Waals surface area contributed by atoms with E-state index in [9.17, 15) is 0 Å². The summed E-state index contributed by atoms with van der Waals surface area (Å²) in [4.78, 5) is 8.84. The molecule has 0 spiro atoms. The first kappa shape index (κ1) is 20.4. The third-order valence-electron chi connectivity index (χ3n) is 4.92. The number of hydrogen-bond acceptors (Lipinski definition) is 3. The SMILES string of the molecule is CN=C(NCc1coc(-c2ccccc2)n1)NCC1CC1c1ccccc1.I. The number of aromatic nitrogens is 1. The number of benzene rings is 2. The molecule has 2 atom stereocenters. The summed E-state index contributed by atoms with van der Waals surface area (Å²) in [5, 5.41) is 6.72. The first-order chi connectivity index (χ1) is 13.3. The van der Waals surface area contributed by atoms with Crippen LogP contribution in [0.15, 0.2) is 76.3 Å². The van der Waals surface area contributed by atoms with Crippen LogP contribution in [0, 0.1) is 5.92 Å². The molecule has 2 N–H and O–H groups in total. The molecule has 3 aromatic rings. The summed E-state index contributed by atoms with van der Waals surface area (Å²) in [6.07, 6.45) is 2.92. The molecule has 0 bridgehead atoms. The first-order valence-electron chi connectivity index (χ1n) is 9.33. The van der Waals surface area contributed by atoms with Gasteiger partial charge in [0.1, 0.15) is 6.26 Å². The van der Waals surface area contributed by atoms with Crippen LogP contribution in [0.5, 0.6) is 0 Å². The van der Waals surface area contributed by atoms with Crippen molar-refractivity contribution in [2.75, 3.05) is 13.6 Å². The second kappa shape index (κ2) is 9.73. The molecule has 1 heterocycles. The van der Waals surface area contributed by atoms with Gasteiger partial charge in [0.2, 0.25) is 5.89 Å². The second-order valence-corrected chi connectivity index (χ2v) is 6.83. The molecule has 1 aliphatic carbocycles. The van der Waals surface area contributed by atoms with Crippen LogP contribution in [0.3, 0.4) is 0 Å². The quantitative estimate of drug-likeness (QED) is 0.306. The molecule has 2 unspecified atom stereocenters. The summed E-state index contributed by atoms with van der Waals surface area (Å²) in [7, 11) is 1.79. The molecule has 0 aliphatic heterocycles. The van der Waals surface area contributed by atoms with Gasteiger partial charge in [-0.15, -0.1) is 24.0 Å². The second-order valence-electron chi connectivity index (χ2n) is 6.83. The monoisotopic (exact) mass is 488 g/mol. The zero-order chi connectivity index (χ0) is 18.5. The van der Waals surface area contributed by atoms with Crippen LogP contribution in [-0.2, 0) is 6.54 Å². The van der Waals surface area contributed by atoms with E-state index in [0.29, 0.717) is 24.3 Å². The fourth-order valence-corrected chi connectivity index (χ4v) is 3.31. The molecule has 5 nitrogen and oxygen atoms in total. The number of rotatable bonds is 6. The third kappa shape index (κ3) is 5.13. The van der Waals surface area contributed by atoms with Crippen molar-refractivity contribution in [1.29, 1.82) is 0 Å². The van der Waals surface area contributed by atoms with Crippen molar-refractivity contribution in [3.63, 3.8) is 0 Å². The van der Waals surface area contributed by atoms with Crippen LogP contribution in [-0.4, -0.2) is 24.5 Å². The molecule has 1 aliphatic rings. The van der Waals surface area contributed by atoms with Crippen LogP contribution in [0.4, 0.5) is 0 Å². The average molecular weight is 488 g/mol. The van der Waals surface area contributed by atoms with Gasteiger partial charge >= 0.3 is 0 Å². The van der Waals surface area contributed by atoms with Crippen molar-refractivity contribution < 1.29 is 4.42 Å². The van der Waals surface area contributed by atoms with E-state index in [1.807, 2.05) is 30.3 Å². The highest BCUT2D eigenvalue weighted by Crippen LogP contribution is 2.46. The number of halogens is 1. The van der Waals surface area contributed by atoms with Gasteiger partial charge in [-0.05, 0) is 36.0 Å². The van der Waals surface area contributed by atoms with Crippen molar-refractivity contribution in [2.45, 2.75) is 18.9 Å². The van der Waals surface area contributed by atoms with E-state index in [0.717, 1.165) is 23.8 Å². The summed E-state index contributed by atoms with van der Waals surface area (Å²) >= 11 is 0. The maximum atomic E-state index is 5.58. The molecule has 6 heteroatoms. The van der Waals surface area contributed by atoms with Crippen molar-refractivity contribution in [3.05, 3.63) is 78.2 Å². The summed E-state index contributed by atoms with van der Waals surface area (Å²) in [6.45, 7) is 1.50. The molecule has 2 aromatic carbocycles. The van der Waals surface area contributed by atoms with E-state index >= 15 is 0 Å². The number of nitrogens with one attached hydrogen (secondary N) is 2. The zero-order valence-corrected chi connectivity index (χ0v) is 18.2. The molecule has 0 amide bonds. The molecule has 4 rings (SSSR count). The average Bonchev–Trinajstić information content (AvgIpc) is 3.36. The van der Waals surface area contributed by atoms with Crippen molar-refractivity contribution in [1.82, 2.24) is 15.6 Å². The zero-order valence-electron chi connectivity index (χ0n) is 15.8. The van der Waals surface area contributed by atoms with Gasteiger partial charge in [-0.1, -0.05) is 48.5 Å². The van der Waals surface area contributed by atoms with Crippen LogP contribution < -0.4 is 10.6 Å². The maximum absolute atomic E-state index is 5.58. The highest BCUT2D eigenvalue weighted by molar-refractivity contribution is 14.0. The van der Waals surface area contributed by atoms with E-state index < -0.39 is 0 Å². The number of aliphatic imine (C=N–C) groups is 1. The van der Waals surface area contributed by atoms with E-state index in [1.54, 1.807) is 13.3 Å². The minimum Gasteiger partial charge on any atom is -0.444 e. The molecule has 0 saturated heterocycles. The largest absolute Gasteiger partial charge is 0.444 e. The number of nitrogens with zero attached hydrogens (tertiary/aromatic N) is 2. The fourth-order valence-electron chi connectivity index (χ4n) is 3.31. The molecule has 146 valence electrons. The van der Waals surface area contributed by atoms with Crippen LogP contribution in [0.25, 0.3) is 11.5 Å². The predicted molar refractivity (Wildman–Crippen MR) is 123 cm³/mol. The maximum Gasteiger partial charge on any atom is 0.226 e. The summed E-state index contributed by atoms with van der Waals surface area (Å²) in [5.41, 5.74) is 3.26. The lowest BCUT2D eigenvalue weighted by atomic mass is 10.1. The fraction of sp³-hybridized carbons (Fsp3) is 0.273. The Morgan fingerprint density at radius 1 is 1.07 bits per heavy atom. The van der Waals surface area contributed by atoms with Gasteiger partial charge in [0.25, 0.3) is 0 Å². The Morgan fingerprint density at radius 3 is 2.50 bits per heavy atom. The van der Waals surface area contributed by atoms with Gasteiger partial charge in [0.05, 0.1) is 12.2 Å². The van der Waals surface area contributed by atoms with E-state index in [4.69, 9.17) is 4.42 Å². The Morgan fingerprint density at radius 2 is 1.79 bits per heavy atom. The Kier molecular flexibility index (Phi) is 7.08. The van der Waals surface area contributed by atoms with Crippen LogP contribution in [0.2, 0.25) is 0 Å². The van der Waals surface area contributed by atoms with E-state index in [2.05, 4.69) is 50.9 Å². The minimum atomic E-state index is 0. The molecule has 1 aromatic heterocycles. The summed E-state index contributed by atoms with van der Waals surface area (Å²) in [5.74, 6) is 2.76. The molecule has 1 fully saturated rings. The number of guanidine groups is 1. The van der Waals surface area contributed by atoms with Gasteiger partial charge in [-0.3, -0.25) is 4.99 Å². The Bertz CT molecular complexity index is 895. The van der Waals surface area contributed by atoms with Gasteiger partial charge in [-0.25, -0.2) is 4.98 Å². The molecular weight excluding hydrogens is 463 g/mol. The lowest BCUT2D eigenvalue weighted by Gasteiger charge is -2.10. The highest BCUT2D eigenvalue weighted by atomic mass is 127. The molecule has 0 radical (unpaired) electrons. The van der Waals surface area contributed by atoms with Crippen molar-refractivity contribution in [3.8, 4) is 11.5 Å². The summed E-state index contributed by atoms with van der Waals surface area (Å²) in [6, 6.07) is 20.6. The predicted octanol–water partition coefficient (Wildman–Crippen LogP) is 4.43. The number of hydrogen-bond donors (Lipinski definition) is 2.